The SMILES string of the molecule is Cc1ccccc1CSCCCNC(=O)C1CCN(Cc2nc(-c3cccs3)no2)CC1. The van der Waals surface area contributed by atoms with Crippen LogP contribution in [0.4, 0.5) is 0 Å². The number of piperidine rings is 1. The Labute approximate surface area is 197 Å². The minimum absolute atomic E-state index is 0.107. The van der Waals surface area contributed by atoms with Crippen LogP contribution in [0.15, 0.2) is 46.3 Å². The van der Waals surface area contributed by atoms with Crippen LogP contribution in [0.1, 0.15) is 36.3 Å². The van der Waals surface area contributed by atoms with Gasteiger partial charge in [0.05, 0.1) is 11.4 Å². The van der Waals surface area contributed by atoms with Gasteiger partial charge >= 0.3 is 0 Å². The Morgan fingerprint density at radius 2 is 2.09 bits per heavy atom. The Morgan fingerprint density at radius 1 is 1.25 bits per heavy atom. The maximum atomic E-state index is 12.5. The summed E-state index contributed by atoms with van der Waals surface area (Å²) in [5.74, 6) is 3.70. The van der Waals surface area contributed by atoms with Crippen LogP contribution >= 0.6 is 23.1 Å². The molecule has 1 aromatic carbocycles. The van der Waals surface area contributed by atoms with E-state index in [9.17, 15) is 4.79 Å². The molecule has 1 saturated heterocycles. The van der Waals surface area contributed by atoms with Crippen LogP contribution in [0, 0.1) is 12.8 Å². The van der Waals surface area contributed by atoms with Gasteiger partial charge in [-0.25, -0.2) is 0 Å². The van der Waals surface area contributed by atoms with Gasteiger partial charge < -0.3 is 9.84 Å². The van der Waals surface area contributed by atoms with Gasteiger partial charge in [-0.05, 0) is 67.6 Å². The molecule has 0 saturated carbocycles. The highest BCUT2D eigenvalue weighted by Crippen LogP contribution is 2.23. The van der Waals surface area contributed by atoms with Crippen molar-refractivity contribution in [2.75, 3.05) is 25.4 Å². The molecule has 0 radical (unpaired) electrons. The number of nitrogens with one attached hydrogen (secondary N) is 1. The minimum Gasteiger partial charge on any atom is -0.356 e. The number of thioether (sulfide) groups is 1. The molecule has 0 unspecified atom stereocenters. The number of hydrogen-bond acceptors (Lipinski definition) is 7. The van der Waals surface area contributed by atoms with Crippen molar-refractivity contribution in [3.63, 3.8) is 0 Å². The molecule has 0 bridgehead atoms. The smallest absolute Gasteiger partial charge is 0.241 e. The third kappa shape index (κ3) is 6.43. The van der Waals surface area contributed by atoms with E-state index in [0.717, 1.165) is 55.3 Å². The highest BCUT2D eigenvalue weighted by atomic mass is 32.2. The molecule has 4 rings (SSSR count). The number of aryl methyl sites for hydroxylation is 1. The molecule has 3 heterocycles. The number of likely N-dealkylation sites (tertiary alicyclic amines) is 1. The Balaban J connectivity index is 1.10. The molecule has 0 spiro atoms. The number of amides is 1. The van der Waals surface area contributed by atoms with Crippen molar-refractivity contribution in [2.45, 2.75) is 38.5 Å². The van der Waals surface area contributed by atoms with Gasteiger partial charge in [-0.3, -0.25) is 9.69 Å². The van der Waals surface area contributed by atoms with Crippen LogP contribution in [0.25, 0.3) is 10.7 Å². The molecule has 1 N–H and O–H groups in total. The van der Waals surface area contributed by atoms with Crippen molar-refractivity contribution >= 4 is 29.0 Å². The third-order valence-corrected chi connectivity index (χ3v) is 7.77. The van der Waals surface area contributed by atoms with Crippen molar-refractivity contribution in [3.05, 3.63) is 58.8 Å². The normalized spacial score (nSPS) is 15.2. The first-order valence-corrected chi connectivity index (χ1v) is 13.2. The predicted molar refractivity (Wildman–Crippen MR) is 131 cm³/mol. The number of nitrogens with zero attached hydrogens (tertiary/aromatic N) is 3. The molecule has 0 aliphatic carbocycles. The van der Waals surface area contributed by atoms with E-state index in [1.165, 1.54) is 11.1 Å². The van der Waals surface area contributed by atoms with Gasteiger partial charge in [0.25, 0.3) is 0 Å². The van der Waals surface area contributed by atoms with Gasteiger partial charge in [-0.1, -0.05) is 35.5 Å². The molecular weight excluding hydrogens is 440 g/mol. The summed E-state index contributed by atoms with van der Waals surface area (Å²) in [5, 5.41) is 9.22. The van der Waals surface area contributed by atoms with E-state index in [1.54, 1.807) is 11.3 Å². The summed E-state index contributed by atoms with van der Waals surface area (Å²) in [4.78, 5) is 20.3. The molecule has 1 aliphatic heterocycles. The van der Waals surface area contributed by atoms with Crippen molar-refractivity contribution in [2.24, 2.45) is 5.92 Å². The number of benzene rings is 1. The molecule has 1 aliphatic rings. The zero-order valence-electron chi connectivity index (χ0n) is 18.5. The highest BCUT2D eigenvalue weighted by Gasteiger charge is 2.25. The van der Waals surface area contributed by atoms with Gasteiger partial charge in [0.15, 0.2) is 0 Å². The van der Waals surface area contributed by atoms with Crippen LogP contribution in [0.2, 0.25) is 0 Å². The number of rotatable bonds is 10. The number of thiophene rings is 1. The Kier molecular flexibility index (Phi) is 8.36. The fourth-order valence-corrected chi connectivity index (χ4v) is 5.54. The maximum Gasteiger partial charge on any atom is 0.241 e. The maximum absolute atomic E-state index is 12.5. The summed E-state index contributed by atoms with van der Waals surface area (Å²) in [6.07, 6.45) is 2.75. The zero-order chi connectivity index (χ0) is 22.2. The third-order valence-electron chi connectivity index (χ3n) is 5.81. The molecule has 2 aromatic heterocycles. The van der Waals surface area contributed by atoms with Gasteiger partial charge in [0, 0.05) is 18.2 Å². The first-order chi connectivity index (χ1) is 15.7. The minimum atomic E-state index is 0.107. The lowest BCUT2D eigenvalue weighted by Gasteiger charge is -2.30. The summed E-state index contributed by atoms with van der Waals surface area (Å²) < 4.78 is 5.41. The quantitative estimate of drug-likeness (QED) is 0.431. The second kappa shape index (κ2) is 11.6. The van der Waals surface area contributed by atoms with Crippen LogP contribution in [0.5, 0.6) is 0 Å². The molecule has 3 aromatic rings. The number of hydrogen-bond donors (Lipinski definition) is 1. The lowest BCUT2D eigenvalue weighted by Crippen LogP contribution is -2.40. The molecule has 1 fully saturated rings. The predicted octanol–water partition coefficient (Wildman–Crippen LogP) is 4.76. The van der Waals surface area contributed by atoms with E-state index in [0.29, 0.717) is 18.3 Å². The summed E-state index contributed by atoms with van der Waals surface area (Å²) in [6.45, 7) is 5.31. The molecule has 1 amide bonds. The number of carbonyl (C=O) groups excluding carboxylic acids is 1. The Morgan fingerprint density at radius 3 is 2.88 bits per heavy atom. The average molecular weight is 471 g/mol. The summed E-state index contributed by atoms with van der Waals surface area (Å²) in [6, 6.07) is 12.5. The lowest BCUT2D eigenvalue weighted by atomic mass is 9.96. The van der Waals surface area contributed by atoms with Crippen molar-refractivity contribution in [1.82, 2.24) is 20.4 Å². The van der Waals surface area contributed by atoms with E-state index in [-0.39, 0.29) is 11.8 Å². The van der Waals surface area contributed by atoms with Gasteiger partial charge in [0.2, 0.25) is 17.6 Å². The first-order valence-electron chi connectivity index (χ1n) is 11.2. The van der Waals surface area contributed by atoms with E-state index < -0.39 is 0 Å². The zero-order valence-corrected chi connectivity index (χ0v) is 20.1. The second-order valence-corrected chi connectivity index (χ2v) is 10.2. The van der Waals surface area contributed by atoms with E-state index in [2.05, 4.69) is 51.5 Å². The standard InChI is InChI=1S/C24H30N4O2S2/c1-18-6-2-3-7-20(18)17-31-14-5-11-25-24(29)19-9-12-28(13-10-19)16-22-26-23(27-30-22)21-8-4-15-32-21/h2-4,6-8,15,19H,5,9-14,16-17H2,1H3,(H,25,29). The molecule has 170 valence electrons. The summed E-state index contributed by atoms with van der Waals surface area (Å²) >= 11 is 3.54. The van der Waals surface area contributed by atoms with Crippen molar-refractivity contribution in [1.29, 1.82) is 0 Å². The topological polar surface area (TPSA) is 71.3 Å². The van der Waals surface area contributed by atoms with Crippen LogP contribution < -0.4 is 5.32 Å². The Hall–Kier alpha value is -2.16. The second-order valence-electron chi connectivity index (χ2n) is 8.16. The molecule has 0 atom stereocenters. The monoisotopic (exact) mass is 470 g/mol. The molecule has 8 heteroatoms. The van der Waals surface area contributed by atoms with Gasteiger partial charge in [0.1, 0.15) is 0 Å². The van der Waals surface area contributed by atoms with Crippen molar-refractivity contribution in [3.8, 4) is 10.7 Å². The Bertz CT molecular complexity index is 982. The van der Waals surface area contributed by atoms with Crippen molar-refractivity contribution < 1.29 is 9.32 Å². The number of aromatic nitrogens is 2. The van der Waals surface area contributed by atoms with E-state index in [4.69, 9.17) is 4.52 Å². The van der Waals surface area contributed by atoms with Crippen LogP contribution in [0.3, 0.4) is 0 Å². The first kappa shape index (κ1) is 23.0. The number of carbonyl (C=O) groups is 1. The van der Waals surface area contributed by atoms with Gasteiger partial charge in [-0.15, -0.1) is 11.3 Å². The fraction of sp³-hybridized carbons (Fsp3) is 0.458. The fourth-order valence-electron chi connectivity index (χ4n) is 3.85. The lowest BCUT2D eigenvalue weighted by molar-refractivity contribution is -0.126. The largest absolute Gasteiger partial charge is 0.356 e. The summed E-state index contributed by atoms with van der Waals surface area (Å²) in [7, 11) is 0. The van der Waals surface area contributed by atoms with Gasteiger partial charge in [-0.2, -0.15) is 16.7 Å². The van der Waals surface area contributed by atoms with Crippen LogP contribution in [-0.2, 0) is 17.1 Å². The summed E-state index contributed by atoms with van der Waals surface area (Å²) in [5.41, 5.74) is 2.75. The van der Waals surface area contributed by atoms with E-state index >= 15 is 0 Å². The van der Waals surface area contributed by atoms with E-state index in [1.807, 2.05) is 29.3 Å². The molecular formula is C24H30N4O2S2. The van der Waals surface area contributed by atoms with Crippen LogP contribution in [-0.4, -0.2) is 46.3 Å². The molecule has 6 nitrogen and oxygen atoms in total. The molecule has 32 heavy (non-hydrogen) atoms. The highest BCUT2D eigenvalue weighted by molar-refractivity contribution is 7.98. The average Bonchev–Trinajstić information content (AvgIpc) is 3.50.